The largest absolute Gasteiger partial charge is 0.497 e. The van der Waals surface area contributed by atoms with Gasteiger partial charge in [0.05, 0.1) is 18.1 Å². The Morgan fingerprint density at radius 2 is 1.86 bits per heavy atom. The molecule has 0 bridgehead atoms. The number of hydrogen-bond donors (Lipinski definition) is 1. The van der Waals surface area contributed by atoms with Gasteiger partial charge in [0.25, 0.3) is 0 Å². The number of benzene rings is 2. The molecule has 0 aliphatic carbocycles. The van der Waals surface area contributed by atoms with Gasteiger partial charge in [0, 0.05) is 10.8 Å². The van der Waals surface area contributed by atoms with E-state index in [1.165, 1.54) is 7.11 Å². The van der Waals surface area contributed by atoms with Gasteiger partial charge in [0.15, 0.2) is 5.43 Å². The molecule has 1 aromatic heterocycles. The second-order valence-electron chi connectivity index (χ2n) is 4.71. The lowest BCUT2D eigenvalue weighted by Gasteiger charge is -2.13. The lowest BCUT2D eigenvalue weighted by molar-refractivity contribution is -0.137. The number of hydrogen-bond acceptors (Lipinski definition) is 3. The number of pyridine rings is 1. The Kier molecular flexibility index (Phi) is 3.10. The molecular formula is C16H13NO4. The molecule has 0 unspecified atom stereocenters. The third-order valence-corrected chi connectivity index (χ3v) is 3.47. The average Bonchev–Trinajstić information content (AvgIpc) is 2.50. The summed E-state index contributed by atoms with van der Waals surface area (Å²) in [4.78, 5) is 23.7. The van der Waals surface area contributed by atoms with Crippen LogP contribution < -0.4 is 10.2 Å². The number of carbonyl (C=O) groups is 1. The zero-order chi connectivity index (χ0) is 15.0. The summed E-state index contributed by atoms with van der Waals surface area (Å²) in [6, 6.07) is 12.1. The molecule has 0 radical (unpaired) electrons. The highest BCUT2D eigenvalue weighted by Gasteiger charge is 2.13. The first-order valence-electron chi connectivity index (χ1n) is 6.43. The summed E-state index contributed by atoms with van der Waals surface area (Å²) in [5.74, 6) is -0.391. The minimum atomic E-state index is -0.957. The molecule has 0 fully saturated rings. The van der Waals surface area contributed by atoms with Crippen molar-refractivity contribution in [1.29, 1.82) is 0 Å². The van der Waals surface area contributed by atoms with E-state index in [0.717, 1.165) is 0 Å². The first-order valence-corrected chi connectivity index (χ1v) is 6.43. The number of methoxy groups -OCH3 is 1. The number of ether oxygens (including phenoxy) is 1. The van der Waals surface area contributed by atoms with Crippen LogP contribution in [0.5, 0.6) is 5.75 Å². The summed E-state index contributed by atoms with van der Waals surface area (Å²) in [6.07, 6.45) is 0. The van der Waals surface area contributed by atoms with E-state index in [-0.39, 0.29) is 12.0 Å². The van der Waals surface area contributed by atoms with Crippen LogP contribution in [-0.2, 0) is 11.3 Å². The number of rotatable bonds is 3. The van der Waals surface area contributed by atoms with Crippen LogP contribution in [0.2, 0.25) is 0 Å². The van der Waals surface area contributed by atoms with E-state index in [9.17, 15) is 9.59 Å². The van der Waals surface area contributed by atoms with Crippen molar-refractivity contribution in [2.24, 2.45) is 0 Å². The molecule has 5 nitrogen and oxygen atoms in total. The molecule has 0 saturated carbocycles. The third-order valence-electron chi connectivity index (χ3n) is 3.47. The molecule has 0 aliphatic heterocycles. The lowest BCUT2D eigenvalue weighted by atomic mass is 10.1. The lowest BCUT2D eigenvalue weighted by Crippen LogP contribution is -2.15. The fourth-order valence-electron chi connectivity index (χ4n) is 2.54. The molecule has 106 valence electrons. The predicted molar refractivity (Wildman–Crippen MR) is 79.9 cm³/mol. The highest BCUT2D eigenvalue weighted by Crippen LogP contribution is 2.23. The second kappa shape index (κ2) is 4.94. The van der Waals surface area contributed by atoms with Gasteiger partial charge in [-0.05, 0) is 30.3 Å². The number of aliphatic carboxylic acids is 1. The predicted octanol–water partition coefficient (Wildman–Crippen LogP) is 2.25. The van der Waals surface area contributed by atoms with Crippen LogP contribution in [0.4, 0.5) is 0 Å². The Morgan fingerprint density at radius 3 is 2.57 bits per heavy atom. The Bertz CT molecular complexity index is 911. The van der Waals surface area contributed by atoms with E-state index < -0.39 is 5.97 Å². The van der Waals surface area contributed by atoms with Gasteiger partial charge in [-0.3, -0.25) is 9.59 Å². The summed E-state index contributed by atoms with van der Waals surface area (Å²) in [5.41, 5.74) is 1.07. The average molecular weight is 283 g/mol. The zero-order valence-corrected chi connectivity index (χ0v) is 11.4. The Morgan fingerprint density at radius 1 is 1.14 bits per heavy atom. The molecular weight excluding hydrogens is 270 g/mol. The van der Waals surface area contributed by atoms with Crippen molar-refractivity contribution >= 4 is 27.8 Å². The highest BCUT2D eigenvalue weighted by molar-refractivity contribution is 5.95. The topological polar surface area (TPSA) is 68.5 Å². The maximum atomic E-state index is 12.6. The van der Waals surface area contributed by atoms with Gasteiger partial charge in [0.2, 0.25) is 0 Å². The summed E-state index contributed by atoms with van der Waals surface area (Å²) in [6.45, 7) is -0.205. The van der Waals surface area contributed by atoms with Crippen LogP contribution in [0.3, 0.4) is 0 Å². The Hall–Kier alpha value is -2.82. The van der Waals surface area contributed by atoms with Crippen LogP contribution >= 0.6 is 0 Å². The third kappa shape index (κ3) is 2.12. The normalized spacial score (nSPS) is 10.9. The van der Waals surface area contributed by atoms with E-state index >= 15 is 0 Å². The second-order valence-corrected chi connectivity index (χ2v) is 4.71. The van der Waals surface area contributed by atoms with Crippen molar-refractivity contribution in [3.63, 3.8) is 0 Å². The summed E-state index contributed by atoms with van der Waals surface area (Å²) in [5, 5.41) is 10.1. The van der Waals surface area contributed by atoms with Crippen LogP contribution in [0.25, 0.3) is 21.8 Å². The van der Waals surface area contributed by atoms with Crippen molar-refractivity contribution in [1.82, 2.24) is 4.57 Å². The molecule has 1 N–H and O–H groups in total. The Balaban J connectivity index is 2.51. The first kappa shape index (κ1) is 13.2. The monoisotopic (exact) mass is 283 g/mol. The van der Waals surface area contributed by atoms with Crippen molar-refractivity contribution < 1.29 is 14.6 Å². The van der Waals surface area contributed by atoms with Crippen molar-refractivity contribution in [3.8, 4) is 5.75 Å². The van der Waals surface area contributed by atoms with E-state index in [1.54, 1.807) is 47.0 Å². The molecule has 0 saturated heterocycles. The van der Waals surface area contributed by atoms with Gasteiger partial charge < -0.3 is 14.4 Å². The quantitative estimate of drug-likeness (QED) is 0.748. The molecule has 21 heavy (non-hydrogen) atoms. The minimum Gasteiger partial charge on any atom is -0.497 e. The SMILES string of the molecule is COc1ccc2c(c1)c(=O)c1ccccc1n2CC(=O)O. The van der Waals surface area contributed by atoms with Crippen LogP contribution in [0.1, 0.15) is 0 Å². The number of carboxylic acids is 1. The van der Waals surface area contributed by atoms with Crippen molar-refractivity contribution in [3.05, 3.63) is 52.7 Å². The van der Waals surface area contributed by atoms with Gasteiger partial charge in [-0.2, -0.15) is 0 Å². The van der Waals surface area contributed by atoms with Crippen LogP contribution in [0.15, 0.2) is 47.3 Å². The molecule has 5 heteroatoms. The summed E-state index contributed by atoms with van der Waals surface area (Å²) < 4.78 is 6.78. The minimum absolute atomic E-state index is 0.124. The van der Waals surface area contributed by atoms with Gasteiger partial charge in [-0.15, -0.1) is 0 Å². The first-order chi connectivity index (χ1) is 10.1. The van der Waals surface area contributed by atoms with E-state index in [1.807, 2.05) is 0 Å². The Labute approximate surface area is 120 Å². The number of nitrogens with zero attached hydrogens (tertiary/aromatic N) is 1. The molecule has 2 aromatic carbocycles. The molecule has 0 atom stereocenters. The fraction of sp³-hybridized carbons (Fsp3) is 0.125. The summed E-state index contributed by atoms with van der Waals surface area (Å²) in [7, 11) is 1.53. The number of aromatic nitrogens is 1. The highest BCUT2D eigenvalue weighted by atomic mass is 16.5. The maximum Gasteiger partial charge on any atom is 0.323 e. The number of para-hydroxylation sites is 1. The summed E-state index contributed by atoms with van der Waals surface area (Å²) >= 11 is 0. The molecule has 0 aliphatic rings. The zero-order valence-electron chi connectivity index (χ0n) is 11.4. The van der Waals surface area contributed by atoms with E-state index in [2.05, 4.69) is 0 Å². The van der Waals surface area contributed by atoms with Crippen LogP contribution in [-0.4, -0.2) is 22.8 Å². The van der Waals surface area contributed by atoms with Crippen molar-refractivity contribution in [2.45, 2.75) is 6.54 Å². The van der Waals surface area contributed by atoms with Gasteiger partial charge in [0.1, 0.15) is 12.3 Å². The number of fused-ring (bicyclic) bond motifs is 2. The number of carboxylic acid groups (broad SMARTS) is 1. The molecule has 3 aromatic rings. The van der Waals surface area contributed by atoms with Gasteiger partial charge in [-0.1, -0.05) is 12.1 Å². The van der Waals surface area contributed by atoms with Crippen molar-refractivity contribution in [2.75, 3.05) is 7.11 Å². The van der Waals surface area contributed by atoms with E-state index in [0.29, 0.717) is 27.6 Å². The van der Waals surface area contributed by atoms with Gasteiger partial charge in [-0.25, -0.2) is 0 Å². The fourth-order valence-corrected chi connectivity index (χ4v) is 2.54. The molecule has 0 spiro atoms. The standard InChI is InChI=1S/C16H13NO4/c1-21-10-6-7-14-12(8-10)16(20)11-4-2-3-5-13(11)17(14)9-15(18)19/h2-8H,9H2,1H3,(H,18,19). The van der Waals surface area contributed by atoms with E-state index in [4.69, 9.17) is 9.84 Å². The maximum absolute atomic E-state index is 12.6. The molecule has 0 amide bonds. The van der Waals surface area contributed by atoms with Gasteiger partial charge >= 0.3 is 5.97 Å². The molecule has 1 heterocycles. The smallest absolute Gasteiger partial charge is 0.323 e. The van der Waals surface area contributed by atoms with Crippen LogP contribution in [0, 0.1) is 0 Å². The molecule has 3 rings (SSSR count).